The van der Waals surface area contributed by atoms with Crippen molar-refractivity contribution in [2.45, 2.75) is 13.8 Å². The van der Waals surface area contributed by atoms with Gasteiger partial charge in [0, 0.05) is 0 Å². The largest absolute Gasteiger partial charge is 0.0955 e. The number of hydrogen-bond donors (Lipinski definition) is 0. The van der Waals surface area contributed by atoms with Crippen LogP contribution in [-0.2, 0) is 0 Å². The first-order valence-corrected chi connectivity index (χ1v) is 7.37. The van der Waals surface area contributed by atoms with Gasteiger partial charge in [-0.15, -0.1) is 0 Å². The molecule has 86 valence electrons. The van der Waals surface area contributed by atoms with Crippen molar-refractivity contribution in [2.24, 2.45) is 0 Å². The first-order valence-electron chi connectivity index (χ1n) is 5.96. The van der Waals surface area contributed by atoms with Crippen LogP contribution in [0.3, 0.4) is 0 Å². The van der Waals surface area contributed by atoms with Crippen LogP contribution in [0.25, 0.3) is 5.57 Å². The third-order valence-electron chi connectivity index (χ3n) is 3.01. The summed E-state index contributed by atoms with van der Waals surface area (Å²) in [6.45, 7) is 8.28. The van der Waals surface area contributed by atoms with E-state index < -0.39 is 0 Å². The topological polar surface area (TPSA) is 0 Å². The van der Waals surface area contributed by atoms with Crippen LogP contribution in [0.15, 0.2) is 55.1 Å². The Labute approximate surface area is 106 Å². The van der Waals surface area contributed by atoms with E-state index in [1.54, 1.807) is 0 Å². The van der Waals surface area contributed by atoms with Crippen molar-refractivity contribution < 1.29 is 0 Å². The number of hydrogen-bond acceptors (Lipinski definition) is 0. The third-order valence-corrected chi connectivity index (χ3v) is 4.74. The molecule has 0 spiro atoms. The Balaban J connectivity index is 2.29. The van der Waals surface area contributed by atoms with Gasteiger partial charge in [-0.05, 0) is 25.0 Å². The minimum Gasteiger partial charge on any atom is -0.0955 e. The highest BCUT2D eigenvalue weighted by molar-refractivity contribution is 6.67. The Bertz CT molecular complexity index is 526. The Morgan fingerprint density at radius 1 is 1.00 bits per heavy atom. The lowest BCUT2D eigenvalue weighted by atomic mass is 10.0. The van der Waals surface area contributed by atoms with Crippen LogP contribution in [0, 0.1) is 6.92 Å². The third kappa shape index (κ3) is 2.95. The average molecular weight is 238 g/mol. The van der Waals surface area contributed by atoms with Gasteiger partial charge >= 0.3 is 0 Å². The molecule has 0 N–H and O–H groups in total. The lowest BCUT2D eigenvalue weighted by molar-refractivity contribution is 1.43. The van der Waals surface area contributed by atoms with Crippen molar-refractivity contribution >= 4 is 25.5 Å². The van der Waals surface area contributed by atoms with Crippen LogP contribution in [-0.4, -0.2) is 9.52 Å². The molecule has 0 aliphatic heterocycles. The van der Waals surface area contributed by atoms with Gasteiger partial charge in [0.15, 0.2) is 0 Å². The molecule has 0 aliphatic carbocycles. The predicted octanol–water partition coefficient (Wildman–Crippen LogP) is 2.15. The van der Waals surface area contributed by atoms with Crippen molar-refractivity contribution in [3.05, 3.63) is 66.2 Å². The SMILES string of the molecule is C=C(C)c1cc([SiH2]c2ccccc2)ccc1C. The summed E-state index contributed by atoms with van der Waals surface area (Å²) >= 11 is 0. The molecule has 1 heteroatoms. The van der Waals surface area contributed by atoms with Crippen molar-refractivity contribution in [1.29, 1.82) is 0 Å². The van der Waals surface area contributed by atoms with Crippen LogP contribution >= 0.6 is 0 Å². The molecule has 0 aliphatic rings. The molecule has 2 aromatic rings. The van der Waals surface area contributed by atoms with Gasteiger partial charge in [0.05, 0.1) is 9.52 Å². The van der Waals surface area contributed by atoms with Crippen LogP contribution < -0.4 is 10.4 Å². The maximum atomic E-state index is 4.05. The maximum Gasteiger partial charge on any atom is 0.0875 e. The van der Waals surface area contributed by atoms with Crippen LogP contribution in [0.4, 0.5) is 0 Å². The van der Waals surface area contributed by atoms with Gasteiger partial charge in [-0.1, -0.05) is 71.1 Å². The highest BCUT2D eigenvalue weighted by Crippen LogP contribution is 2.14. The zero-order chi connectivity index (χ0) is 12.3. The van der Waals surface area contributed by atoms with Gasteiger partial charge in [0.2, 0.25) is 0 Å². The van der Waals surface area contributed by atoms with Gasteiger partial charge in [-0.3, -0.25) is 0 Å². The second kappa shape index (κ2) is 5.15. The normalized spacial score (nSPS) is 10.9. The molecule has 0 saturated heterocycles. The molecule has 0 atom stereocenters. The fourth-order valence-electron chi connectivity index (χ4n) is 2.07. The highest BCUT2D eigenvalue weighted by Gasteiger charge is 2.02. The van der Waals surface area contributed by atoms with Crippen molar-refractivity contribution in [2.75, 3.05) is 0 Å². The van der Waals surface area contributed by atoms with Crippen molar-refractivity contribution in [1.82, 2.24) is 0 Å². The van der Waals surface area contributed by atoms with E-state index in [0.29, 0.717) is 0 Å². The minimum absolute atomic E-state index is 0.345. The monoisotopic (exact) mass is 238 g/mol. The van der Waals surface area contributed by atoms with Crippen molar-refractivity contribution in [3.8, 4) is 0 Å². The van der Waals surface area contributed by atoms with Gasteiger partial charge in [-0.2, -0.15) is 0 Å². The van der Waals surface area contributed by atoms with Gasteiger partial charge in [0.1, 0.15) is 0 Å². The summed E-state index contributed by atoms with van der Waals surface area (Å²) in [5, 5.41) is 2.98. The highest BCUT2D eigenvalue weighted by atomic mass is 28.2. The summed E-state index contributed by atoms with van der Waals surface area (Å²) in [5.74, 6) is 0. The fourth-order valence-corrected chi connectivity index (χ4v) is 3.59. The van der Waals surface area contributed by atoms with Gasteiger partial charge in [0.25, 0.3) is 0 Å². The molecule has 0 amide bonds. The molecular weight excluding hydrogens is 220 g/mol. The van der Waals surface area contributed by atoms with E-state index in [1.165, 1.54) is 21.5 Å². The van der Waals surface area contributed by atoms with Crippen LogP contribution in [0.2, 0.25) is 0 Å². The second-order valence-corrected chi connectivity index (χ2v) is 6.58. The molecule has 0 aromatic heterocycles. The van der Waals surface area contributed by atoms with E-state index in [4.69, 9.17) is 0 Å². The number of allylic oxidation sites excluding steroid dienone is 1. The summed E-state index contributed by atoms with van der Waals surface area (Å²) in [4.78, 5) is 0. The van der Waals surface area contributed by atoms with Crippen molar-refractivity contribution in [3.63, 3.8) is 0 Å². The van der Waals surface area contributed by atoms with E-state index in [0.717, 1.165) is 5.57 Å². The lowest BCUT2D eigenvalue weighted by Crippen LogP contribution is -2.27. The molecule has 0 heterocycles. The number of rotatable bonds is 3. The summed E-state index contributed by atoms with van der Waals surface area (Å²) in [6.07, 6.45) is 0. The molecule has 17 heavy (non-hydrogen) atoms. The van der Waals surface area contributed by atoms with Gasteiger partial charge in [-0.25, -0.2) is 0 Å². The summed E-state index contributed by atoms with van der Waals surface area (Å²) in [6, 6.07) is 17.6. The molecule has 0 nitrogen and oxygen atoms in total. The standard InChI is InChI=1S/C16H18Si/c1-12(2)16-11-15(10-9-13(16)3)17-14-7-5-4-6-8-14/h4-11H,1,17H2,2-3H3. The first kappa shape index (κ1) is 11.9. The number of aryl methyl sites for hydroxylation is 1. The zero-order valence-corrected chi connectivity index (χ0v) is 11.9. The first-order chi connectivity index (χ1) is 8.16. The summed E-state index contributed by atoms with van der Waals surface area (Å²) < 4.78 is 0. The van der Waals surface area contributed by atoms with E-state index in [-0.39, 0.29) is 9.52 Å². The van der Waals surface area contributed by atoms with E-state index in [1.807, 2.05) is 0 Å². The maximum absolute atomic E-state index is 4.05. The lowest BCUT2D eigenvalue weighted by Gasteiger charge is -2.08. The zero-order valence-electron chi connectivity index (χ0n) is 10.5. The van der Waals surface area contributed by atoms with Crippen LogP contribution in [0.5, 0.6) is 0 Å². The van der Waals surface area contributed by atoms with E-state index in [2.05, 4.69) is 69.0 Å². The summed E-state index contributed by atoms with van der Waals surface area (Å²) in [7, 11) is -0.345. The van der Waals surface area contributed by atoms with E-state index in [9.17, 15) is 0 Å². The molecule has 2 rings (SSSR count). The molecule has 0 radical (unpaired) electrons. The second-order valence-electron chi connectivity index (χ2n) is 4.59. The average Bonchev–Trinajstić information content (AvgIpc) is 2.32. The Morgan fingerprint density at radius 2 is 1.71 bits per heavy atom. The van der Waals surface area contributed by atoms with E-state index >= 15 is 0 Å². The van der Waals surface area contributed by atoms with Crippen LogP contribution in [0.1, 0.15) is 18.1 Å². The predicted molar refractivity (Wildman–Crippen MR) is 80.1 cm³/mol. The summed E-state index contributed by atoms with van der Waals surface area (Å²) in [5.41, 5.74) is 3.79. The molecular formula is C16H18Si. The molecule has 2 aromatic carbocycles. The molecule has 0 saturated carbocycles. The Kier molecular flexibility index (Phi) is 3.60. The molecule has 0 bridgehead atoms. The smallest absolute Gasteiger partial charge is 0.0875 e. The molecule has 0 fully saturated rings. The molecule has 0 unspecified atom stereocenters. The Hall–Kier alpha value is -1.60. The quantitative estimate of drug-likeness (QED) is 0.719. The number of benzene rings is 2. The minimum atomic E-state index is -0.345. The Morgan fingerprint density at radius 3 is 2.35 bits per heavy atom. The van der Waals surface area contributed by atoms with Gasteiger partial charge < -0.3 is 0 Å². The fraction of sp³-hybridized carbons (Fsp3) is 0.125.